The van der Waals surface area contributed by atoms with Gasteiger partial charge in [0.15, 0.2) is 5.82 Å². The number of rotatable bonds is 4. The second-order valence-electron chi connectivity index (χ2n) is 5.37. The van der Waals surface area contributed by atoms with Crippen molar-refractivity contribution in [2.24, 2.45) is 0 Å². The van der Waals surface area contributed by atoms with Crippen LogP contribution >= 0.6 is 0 Å². The average molecular weight is 321 g/mol. The first-order valence-corrected chi connectivity index (χ1v) is 7.43. The minimum atomic E-state index is -0.653. The maximum atomic E-state index is 14.1. The third-order valence-corrected chi connectivity index (χ3v) is 3.78. The van der Waals surface area contributed by atoms with Gasteiger partial charge in [0.25, 0.3) is 0 Å². The monoisotopic (exact) mass is 321 g/mol. The third-order valence-electron chi connectivity index (χ3n) is 3.78. The molecule has 1 saturated heterocycles. The second-order valence-corrected chi connectivity index (χ2v) is 5.37. The topological polar surface area (TPSA) is 58.5 Å². The number of aromatic nitrogens is 2. The van der Waals surface area contributed by atoms with Crippen LogP contribution in [0.4, 0.5) is 14.6 Å². The zero-order chi connectivity index (χ0) is 16.4. The normalized spacial score (nSPS) is 20.8. The lowest BCUT2D eigenvalue weighted by Gasteiger charge is -2.26. The standard InChI is InChI=1S/C16H17F2N3O2/c1-2-23-16-8-19-7-15(20-16)21-9-11(22)6-14(21)12-5-10(17)3-4-13(12)18/h3-5,7-8,11,14,22H,2,6,9H2,1H3/t11-,14-/m1/s1. The van der Waals surface area contributed by atoms with Crippen LogP contribution in [0.1, 0.15) is 24.9 Å². The van der Waals surface area contributed by atoms with E-state index in [0.717, 1.165) is 18.2 Å². The summed E-state index contributed by atoms with van der Waals surface area (Å²) in [6.45, 7) is 2.55. The fourth-order valence-electron chi connectivity index (χ4n) is 2.83. The van der Waals surface area contributed by atoms with Gasteiger partial charge < -0.3 is 14.7 Å². The van der Waals surface area contributed by atoms with Crippen LogP contribution in [-0.2, 0) is 0 Å². The van der Waals surface area contributed by atoms with Crippen molar-refractivity contribution in [2.75, 3.05) is 18.1 Å². The van der Waals surface area contributed by atoms with Gasteiger partial charge in [0.05, 0.1) is 31.1 Å². The summed E-state index contributed by atoms with van der Waals surface area (Å²) in [7, 11) is 0. The highest BCUT2D eigenvalue weighted by Crippen LogP contribution is 2.37. The van der Waals surface area contributed by atoms with Gasteiger partial charge >= 0.3 is 0 Å². The van der Waals surface area contributed by atoms with E-state index in [1.165, 1.54) is 12.4 Å². The molecule has 1 aliphatic heterocycles. The molecular weight excluding hydrogens is 304 g/mol. The molecule has 0 spiro atoms. The summed E-state index contributed by atoms with van der Waals surface area (Å²) in [5.74, 6) is -0.215. The van der Waals surface area contributed by atoms with Crippen molar-refractivity contribution in [1.82, 2.24) is 9.97 Å². The minimum absolute atomic E-state index is 0.199. The van der Waals surface area contributed by atoms with Crippen molar-refractivity contribution in [1.29, 1.82) is 0 Å². The highest BCUT2D eigenvalue weighted by molar-refractivity contribution is 5.44. The van der Waals surface area contributed by atoms with Crippen molar-refractivity contribution in [3.8, 4) is 5.88 Å². The van der Waals surface area contributed by atoms with Crippen LogP contribution in [0, 0.1) is 11.6 Å². The van der Waals surface area contributed by atoms with Crippen molar-refractivity contribution in [3.63, 3.8) is 0 Å². The lowest BCUT2D eigenvalue weighted by atomic mass is 10.0. The Morgan fingerprint density at radius 3 is 2.96 bits per heavy atom. The Morgan fingerprint density at radius 1 is 1.35 bits per heavy atom. The van der Waals surface area contributed by atoms with Crippen LogP contribution in [0.2, 0.25) is 0 Å². The zero-order valence-electron chi connectivity index (χ0n) is 12.6. The fraction of sp³-hybridized carbons (Fsp3) is 0.375. The van der Waals surface area contributed by atoms with Crippen LogP contribution in [0.5, 0.6) is 5.88 Å². The van der Waals surface area contributed by atoms with E-state index < -0.39 is 23.8 Å². The van der Waals surface area contributed by atoms with E-state index >= 15 is 0 Å². The largest absolute Gasteiger partial charge is 0.477 e. The van der Waals surface area contributed by atoms with E-state index in [0.29, 0.717) is 24.7 Å². The fourth-order valence-corrected chi connectivity index (χ4v) is 2.83. The van der Waals surface area contributed by atoms with Gasteiger partial charge in [-0.25, -0.2) is 8.78 Å². The Bertz CT molecular complexity index is 699. The van der Waals surface area contributed by atoms with Gasteiger partial charge in [-0.3, -0.25) is 4.98 Å². The molecule has 2 aromatic rings. The van der Waals surface area contributed by atoms with Gasteiger partial charge in [-0.2, -0.15) is 4.98 Å². The first kappa shape index (κ1) is 15.6. The number of anilines is 1. The van der Waals surface area contributed by atoms with Crippen LogP contribution in [0.3, 0.4) is 0 Å². The third kappa shape index (κ3) is 3.24. The first-order chi connectivity index (χ1) is 11.1. The number of ether oxygens (including phenoxy) is 1. The number of nitrogens with zero attached hydrogens (tertiary/aromatic N) is 3. The Morgan fingerprint density at radius 2 is 2.17 bits per heavy atom. The van der Waals surface area contributed by atoms with E-state index in [1.807, 2.05) is 6.92 Å². The smallest absolute Gasteiger partial charge is 0.234 e. The van der Waals surface area contributed by atoms with E-state index in [9.17, 15) is 13.9 Å². The number of benzene rings is 1. The Kier molecular flexibility index (Phi) is 4.38. The molecule has 1 N–H and O–H groups in total. The summed E-state index contributed by atoms with van der Waals surface area (Å²) in [6, 6.07) is 2.82. The van der Waals surface area contributed by atoms with Crippen molar-refractivity contribution >= 4 is 5.82 Å². The maximum absolute atomic E-state index is 14.1. The lowest BCUT2D eigenvalue weighted by molar-refractivity contribution is 0.194. The number of aliphatic hydroxyl groups excluding tert-OH is 1. The van der Waals surface area contributed by atoms with E-state index in [-0.39, 0.29) is 12.1 Å². The molecule has 0 saturated carbocycles. The molecule has 0 unspecified atom stereocenters. The number of β-amino-alcohol motifs (C(OH)–C–C–N with tert-alkyl or cyclic N) is 1. The molecule has 7 heteroatoms. The second kappa shape index (κ2) is 6.45. The van der Waals surface area contributed by atoms with E-state index in [2.05, 4.69) is 9.97 Å². The summed E-state index contributed by atoms with van der Waals surface area (Å²) in [5, 5.41) is 9.99. The predicted octanol–water partition coefficient (Wildman–Crippen LogP) is 2.47. The summed E-state index contributed by atoms with van der Waals surface area (Å²) < 4.78 is 32.9. The summed E-state index contributed by atoms with van der Waals surface area (Å²) in [6.07, 6.45) is 2.64. The van der Waals surface area contributed by atoms with Crippen molar-refractivity contribution in [3.05, 3.63) is 47.8 Å². The molecule has 2 heterocycles. The molecule has 23 heavy (non-hydrogen) atoms. The Balaban J connectivity index is 1.96. The van der Waals surface area contributed by atoms with E-state index in [4.69, 9.17) is 4.74 Å². The summed E-state index contributed by atoms with van der Waals surface area (Å²) in [5.41, 5.74) is 0.199. The van der Waals surface area contributed by atoms with Gasteiger partial charge in [-0.15, -0.1) is 0 Å². The van der Waals surface area contributed by atoms with E-state index in [1.54, 1.807) is 4.90 Å². The quantitative estimate of drug-likeness (QED) is 0.937. The van der Waals surface area contributed by atoms with Crippen LogP contribution < -0.4 is 9.64 Å². The molecule has 0 bridgehead atoms. The van der Waals surface area contributed by atoms with Crippen molar-refractivity contribution in [2.45, 2.75) is 25.5 Å². The average Bonchev–Trinajstić information content (AvgIpc) is 2.92. The molecule has 1 aliphatic rings. The zero-order valence-corrected chi connectivity index (χ0v) is 12.6. The molecule has 2 atom stereocenters. The molecular formula is C16H17F2N3O2. The van der Waals surface area contributed by atoms with Crippen LogP contribution in [0.25, 0.3) is 0 Å². The van der Waals surface area contributed by atoms with Gasteiger partial charge in [0.2, 0.25) is 5.88 Å². The first-order valence-electron chi connectivity index (χ1n) is 7.43. The number of aliphatic hydroxyl groups is 1. The molecule has 1 aromatic heterocycles. The maximum Gasteiger partial charge on any atom is 0.234 e. The molecule has 0 radical (unpaired) electrons. The number of halogens is 2. The highest BCUT2D eigenvalue weighted by Gasteiger charge is 2.35. The SMILES string of the molecule is CCOc1cncc(N2C[C@H](O)C[C@@H]2c2cc(F)ccc2F)n1. The van der Waals surface area contributed by atoms with Crippen molar-refractivity contribution < 1.29 is 18.6 Å². The minimum Gasteiger partial charge on any atom is -0.477 e. The summed E-state index contributed by atoms with van der Waals surface area (Å²) >= 11 is 0. The Hall–Kier alpha value is -2.28. The molecule has 122 valence electrons. The number of hydrogen-bond acceptors (Lipinski definition) is 5. The lowest BCUT2D eigenvalue weighted by Crippen LogP contribution is -2.26. The highest BCUT2D eigenvalue weighted by atomic mass is 19.1. The van der Waals surface area contributed by atoms with Gasteiger partial charge in [0, 0.05) is 12.1 Å². The van der Waals surface area contributed by atoms with Gasteiger partial charge in [-0.05, 0) is 31.5 Å². The van der Waals surface area contributed by atoms with Crippen LogP contribution in [0.15, 0.2) is 30.6 Å². The molecule has 1 fully saturated rings. The van der Waals surface area contributed by atoms with Gasteiger partial charge in [0.1, 0.15) is 11.6 Å². The molecule has 3 rings (SSSR count). The predicted molar refractivity (Wildman–Crippen MR) is 80.3 cm³/mol. The molecule has 0 amide bonds. The van der Waals surface area contributed by atoms with Crippen LogP contribution in [-0.4, -0.2) is 34.3 Å². The number of hydrogen-bond donors (Lipinski definition) is 1. The molecule has 1 aromatic carbocycles. The summed E-state index contributed by atoms with van der Waals surface area (Å²) in [4.78, 5) is 10.1. The molecule has 0 aliphatic carbocycles. The molecule has 5 nitrogen and oxygen atoms in total. The Labute approximate surface area is 132 Å². The van der Waals surface area contributed by atoms with Gasteiger partial charge in [-0.1, -0.05) is 0 Å².